The maximum atomic E-state index is 12.3. The Hall–Kier alpha value is -2.30. The molecule has 0 fully saturated rings. The van der Waals surface area contributed by atoms with Gasteiger partial charge >= 0.3 is 0 Å². The van der Waals surface area contributed by atoms with Crippen molar-refractivity contribution in [2.75, 3.05) is 11.3 Å². The first-order valence-electron chi connectivity index (χ1n) is 6.26. The monoisotopic (exact) mass is 304 g/mol. The standard InChI is InChI=1S/C14H16N4O2S/c1-10-5-6-12(4-3-7-15)8-13(10)18-21(19,20)14-9-16-17-11(14)2/h5-6,8-9,18H,7,15H2,1-2H3,(H,16,17). The van der Waals surface area contributed by atoms with E-state index in [2.05, 4.69) is 26.8 Å². The molecule has 4 N–H and O–H groups in total. The number of aromatic nitrogens is 2. The minimum atomic E-state index is -3.68. The summed E-state index contributed by atoms with van der Waals surface area (Å²) in [6.07, 6.45) is 1.28. The first-order valence-corrected chi connectivity index (χ1v) is 7.75. The van der Waals surface area contributed by atoms with E-state index in [1.807, 2.05) is 13.0 Å². The predicted molar refractivity (Wildman–Crippen MR) is 81.2 cm³/mol. The van der Waals surface area contributed by atoms with Crippen molar-refractivity contribution < 1.29 is 8.42 Å². The molecule has 0 bridgehead atoms. The highest BCUT2D eigenvalue weighted by Crippen LogP contribution is 2.21. The molecule has 0 amide bonds. The number of hydrogen-bond acceptors (Lipinski definition) is 4. The molecule has 1 aromatic heterocycles. The van der Waals surface area contributed by atoms with Crippen molar-refractivity contribution in [1.29, 1.82) is 0 Å². The van der Waals surface area contributed by atoms with E-state index in [1.54, 1.807) is 19.1 Å². The fourth-order valence-electron chi connectivity index (χ4n) is 1.77. The first-order chi connectivity index (χ1) is 9.94. The van der Waals surface area contributed by atoms with Gasteiger partial charge in [-0.1, -0.05) is 17.9 Å². The zero-order valence-corrected chi connectivity index (χ0v) is 12.6. The zero-order valence-electron chi connectivity index (χ0n) is 11.8. The predicted octanol–water partition coefficient (Wildman–Crippen LogP) is 1.14. The van der Waals surface area contributed by atoms with Gasteiger partial charge in [0.15, 0.2) is 0 Å². The highest BCUT2D eigenvalue weighted by Gasteiger charge is 2.19. The second-order valence-electron chi connectivity index (χ2n) is 4.50. The Bertz CT molecular complexity index is 813. The molecule has 6 nitrogen and oxygen atoms in total. The normalized spacial score (nSPS) is 10.8. The molecule has 2 rings (SSSR count). The highest BCUT2D eigenvalue weighted by atomic mass is 32.2. The summed E-state index contributed by atoms with van der Waals surface area (Å²) in [5, 5.41) is 6.34. The Morgan fingerprint density at radius 1 is 1.38 bits per heavy atom. The summed E-state index contributed by atoms with van der Waals surface area (Å²) in [4.78, 5) is 0.125. The topological polar surface area (TPSA) is 101 Å². The van der Waals surface area contributed by atoms with E-state index in [9.17, 15) is 8.42 Å². The molecule has 0 saturated heterocycles. The van der Waals surface area contributed by atoms with Crippen LogP contribution < -0.4 is 10.5 Å². The van der Waals surface area contributed by atoms with Crippen LogP contribution in [0.25, 0.3) is 0 Å². The molecule has 0 saturated carbocycles. The van der Waals surface area contributed by atoms with Crippen LogP contribution in [0.15, 0.2) is 29.3 Å². The van der Waals surface area contributed by atoms with Crippen LogP contribution in [-0.2, 0) is 10.0 Å². The van der Waals surface area contributed by atoms with E-state index in [4.69, 9.17) is 5.73 Å². The van der Waals surface area contributed by atoms with Crippen LogP contribution in [0.5, 0.6) is 0 Å². The lowest BCUT2D eigenvalue weighted by Crippen LogP contribution is -2.14. The van der Waals surface area contributed by atoms with Gasteiger partial charge in [0.25, 0.3) is 10.0 Å². The van der Waals surface area contributed by atoms with Crippen molar-refractivity contribution in [3.05, 3.63) is 41.2 Å². The molecule has 2 aromatic rings. The number of benzene rings is 1. The molecule has 0 aliphatic rings. The molecule has 7 heteroatoms. The SMILES string of the molecule is Cc1ccc(C#CCN)cc1NS(=O)(=O)c1cn[nH]c1C. The van der Waals surface area contributed by atoms with Crippen LogP contribution in [0.1, 0.15) is 16.8 Å². The number of nitrogens with one attached hydrogen (secondary N) is 2. The zero-order chi connectivity index (χ0) is 15.5. The van der Waals surface area contributed by atoms with E-state index >= 15 is 0 Å². The number of H-pyrrole nitrogens is 1. The van der Waals surface area contributed by atoms with Gasteiger partial charge < -0.3 is 5.73 Å². The molecular weight excluding hydrogens is 288 g/mol. The van der Waals surface area contributed by atoms with E-state index < -0.39 is 10.0 Å². The van der Waals surface area contributed by atoms with Crippen molar-refractivity contribution in [2.45, 2.75) is 18.7 Å². The van der Waals surface area contributed by atoms with E-state index in [1.165, 1.54) is 6.20 Å². The van der Waals surface area contributed by atoms with Crippen LogP contribution in [0, 0.1) is 25.7 Å². The molecular formula is C14H16N4O2S. The van der Waals surface area contributed by atoms with Gasteiger partial charge in [0.05, 0.1) is 24.1 Å². The fraction of sp³-hybridized carbons (Fsp3) is 0.214. The molecule has 21 heavy (non-hydrogen) atoms. The number of sulfonamides is 1. The number of rotatable bonds is 3. The Kier molecular flexibility index (Phi) is 4.31. The van der Waals surface area contributed by atoms with Crippen molar-refractivity contribution in [3.63, 3.8) is 0 Å². The second-order valence-corrected chi connectivity index (χ2v) is 6.15. The van der Waals surface area contributed by atoms with Gasteiger partial charge in [-0.25, -0.2) is 8.42 Å². The lowest BCUT2D eigenvalue weighted by atomic mass is 10.1. The Morgan fingerprint density at radius 3 is 2.76 bits per heavy atom. The van der Waals surface area contributed by atoms with E-state index in [0.717, 1.165) is 5.56 Å². The summed E-state index contributed by atoms with van der Waals surface area (Å²) >= 11 is 0. The Balaban J connectivity index is 2.37. The molecule has 0 aliphatic carbocycles. The number of aryl methyl sites for hydroxylation is 2. The van der Waals surface area contributed by atoms with Crippen molar-refractivity contribution in [1.82, 2.24) is 10.2 Å². The van der Waals surface area contributed by atoms with Crippen LogP contribution in [0.4, 0.5) is 5.69 Å². The molecule has 0 atom stereocenters. The van der Waals surface area contributed by atoms with Crippen molar-refractivity contribution >= 4 is 15.7 Å². The third-order valence-corrected chi connectivity index (χ3v) is 4.37. The number of nitrogens with two attached hydrogens (primary N) is 1. The van der Waals surface area contributed by atoms with Gasteiger partial charge in [0.1, 0.15) is 4.90 Å². The van der Waals surface area contributed by atoms with Gasteiger partial charge in [0, 0.05) is 5.56 Å². The van der Waals surface area contributed by atoms with Gasteiger partial charge in [0.2, 0.25) is 0 Å². The lowest BCUT2D eigenvalue weighted by Gasteiger charge is -2.10. The van der Waals surface area contributed by atoms with Gasteiger partial charge in [-0.3, -0.25) is 9.82 Å². The van der Waals surface area contributed by atoms with Crippen LogP contribution in [0.3, 0.4) is 0 Å². The average Bonchev–Trinajstić information content (AvgIpc) is 2.86. The van der Waals surface area contributed by atoms with Gasteiger partial charge in [-0.15, -0.1) is 0 Å². The maximum absolute atomic E-state index is 12.3. The summed E-state index contributed by atoms with van der Waals surface area (Å²) in [5.74, 6) is 5.61. The molecule has 0 aliphatic heterocycles. The van der Waals surface area contributed by atoms with Crippen LogP contribution >= 0.6 is 0 Å². The third-order valence-electron chi connectivity index (χ3n) is 2.89. The molecule has 0 radical (unpaired) electrons. The quantitative estimate of drug-likeness (QED) is 0.740. The highest BCUT2D eigenvalue weighted by molar-refractivity contribution is 7.92. The summed E-state index contributed by atoms with van der Waals surface area (Å²) in [6.45, 7) is 3.72. The van der Waals surface area contributed by atoms with Crippen LogP contribution in [0.2, 0.25) is 0 Å². The van der Waals surface area contributed by atoms with Gasteiger partial charge in [-0.2, -0.15) is 5.10 Å². The molecule has 0 spiro atoms. The molecule has 0 unspecified atom stereocenters. The summed E-state index contributed by atoms with van der Waals surface area (Å²) in [7, 11) is -3.68. The maximum Gasteiger partial charge on any atom is 0.265 e. The smallest absolute Gasteiger partial charge is 0.265 e. The Morgan fingerprint density at radius 2 is 2.14 bits per heavy atom. The first kappa shape index (κ1) is 15.1. The number of hydrogen-bond donors (Lipinski definition) is 3. The largest absolute Gasteiger partial charge is 0.320 e. The van der Waals surface area contributed by atoms with E-state index in [-0.39, 0.29) is 11.4 Å². The average molecular weight is 304 g/mol. The Labute approximate surface area is 123 Å². The number of anilines is 1. The van der Waals surface area contributed by atoms with Crippen molar-refractivity contribution in [3.8, 4) is 11.8 Å². The summed E-state index contributed by atoms with van der Waals surface area (Å²) in [6, 6.07) is 5.31. The fourth-order valence-corrected chi connectivity index (χ4v) is 3.03. The molecule has 1 heterocycles. The number of nitrogens with zero attached hydrogens (tertiary/aromatic N) is 1. The molecule has 1 aromatic carbocycles. The van der Waals surface area contributed by atoms with Crippen molar-refractivity contribution in [2.24, 2.45) is 5.73 Å². The van der Waals surface area contributed by atoms with Crippen LogP contribution in [-0.4, -0.2) is 25.2 Å². The summed E-state index contributed by atoms with van der Waals surface area (Å²) < 4.78 is 27.2. The van der Waals surface area contributed by atoms with Gasteiger partial charge in [-0.05, 0) is 31.5 Å². The van der Waals surface area contributed by atoms with E-state index in [0.29, 0.717) is 16.9 Å². The lowest BCUT2D eigenvalue weighted by molar-refractivity contribution is 0.600. The second kappa shape index (κ2) is 5.99. The third kappa shape index (κ3) is 3.42. The number of aromatic amines is 1. The molecule has 110 valence electrons. The summed E-state index contributed by atoms with van der Waals surface area (Å²) in [5.41, 5.74) is 7.81. The minimum absolute atomic E-state index is 0.125. The minimum Gasteiger partial charge on any atom is -0.320 e.